The van der Waals surface area contributed by atoms with E-state index in [4.69, 9.17) is 4.99 Å². The van der Waals surface area contributed by atoms with Crippen LogP contribution in [0, 0.1) is 5.82 Å². The fourth-order valence-corrected chi connectivity index (χ4v) is 5.16. The van der Waals surface area contributed by atoms with E-state index in [1.54, 1.807) is 12.1 Å². The number of carbonyl (C=O) groups excluding carboxylic acids is 1. The Hall–Kier alpha value is -2.60. The molecule has 1 amide bonds. The minimum absolute atomic E-state index is 0.0266. The summed E-state index contributed by atoms with van der Waals surface area (Å²) in [4.78, 5) is 26.9. The van der Waals surface area contributed by atoms with Crippen LogP contribution in [0.1, 0.15) is 63.0 Å². The lowest BCUT2D eigenvalue weighted by Gasteiger charge is -2.32. The first-order chi connectivity index (χ1) is 15.5. The van der Waals surface area contributed by atoms with Gasteiger partial charge in [-0.2, -0.15) is 0 Å². The molecule has 32 heavy (non-hydrogen) atoms. The first kappa shape index (κ1) is 22.6. The summed E-state index contributed by atoms with van der Waals surface area (Å²) in [7, 11) is 0. The minimum atomic E-state index is -0.908. The molecule has 0 N–H and O–H groups in total. The number of aliphatic imine (C=N–C) groups is 1. The van der Waals surface area contributed by atoms with Crippen molar-refractivity contribution >= 4 is 11.7 Å². The molecule has 2 aromatic rings. The van der Waals surface area contributed by atoms with Gasteiger partial charge in [-0.25, -0.2) is 4.39 Å². The monoisotopic (exact) mass is 436 g/mol. The summed E-state index contributed by atoms with van der Waals surface area (Å²) < 4.78 is 13.5. The van der Waals surface area contributed by atoms with Crippen LogP contribution >= 0.6 is 0 Å². The molecule has 0 bridgehead atoms. The Kier molecular flexibility index (Phi) is 6.99. The van der Waals surface area contributed by atoms with E-state index < -0.39 is 5.54 Å². The van der Waals surface area contributed by atoms with Crippen LogP contribution in [-0.4, -0.2) is 52.7 Å². The van der Waals surface area contributed by atoms with Gasteiger partial charge in [0, 0.05) is 18.9 Å². The lowest BCUT2D eigenvalue weighted by Crippen LogP contribution is -2.42. The van der Waals surface area contributed by atoms with Gasteiger partial charge >= 0.3 is 0 Å². The quantitative estimate of drug-likeness (QED) is 0.600. The average Bonchev–Trinajstić information content (AvgIpc) is 3.06. The Bertz CT molecular complexity index is 938. The predicted molar refractivity (Wildman–Crippen MR) is 125 cm³/mol. The average molecular weight is 437 g/mol. The van der Waals surface area contributed by atoms with Crippen molar-refractivity contribution in [3.63, 3.8) is 0 Å². The molecular formula is C26H33FN4O. The molecule has 0 spiro atoms. The molecule has 1 unspecified atom stereocenters. The van der Waals surface area contributed by atoms with Gasteiger partial charge in [0.15, 0.2) is 5.54 Å². The smallest absolute Gasteiger partial charge is 0.260 e. The highest BCUT2D eigenvalue weighted by Gasteiger charge is 2.47. The molecule has 170 valence electrons. The van der Waals surface area contributed by atoms with Gasteiger partial charge in [-0.05, 0) is 87.5 Å². The van der Waals surface area contributed by atoms with Crippen molar-refractivity contribution in [1.29, 1.82) is 0 Å². The highest BCUT2D eigenvalue weighted by Crippen LogP contribution is 2.38. The molecule has 1 aromatic carbocycles. The zero-order valence-electron chi connectivity index (χ0n) is 19.1. The van der Waals surface area contributed by atoms with Crippen molar-refractivity contribution < 1.29 is 9.18 Å². The molecule has 6 heteroatoms. The number of amides is 1. The van der Waals surface area contributed by atoms with Crippen LogP contribution in [0.25, 0.3) is 0 Å². The Morgan fingerprint density at radius 1 is 1.12 bits per heavy atom. The van der Waals surface area contributed by atoms with Gasteiger partial charge in [-0.1, -0.05) is 31.5 Å². The number of benzene rings is 1. The van der Waals surface area contributed by atoms with Crippen molar-refractivity contribution in [3.05, 3.63) is 65.7 Å². The Morgan fingerprint density at radius 2 is 1.88 bits per heavy atom. The van der Waals surface area contributed by atoms with Crippen molar-refractivity contribution in [2.75, 3.05) is 26.2 Å². The van der Waals surface area contributed by atoms with Crippen LogP contribution < -0.4 is 0 Å². The zero-order valence-corrected chi connectivity index (χ0v) is 19.1. The summed E-state index contributed by atoms with van der Waals surface area (Å²) in [5, 5.41) is 0. The number of hydrogen-bond acceptors (Lipinski definition) is 4. The van der Waals surface area contributed by atoms with Gasteiger partial charge in [0.1, 0.15) is 11.7 Å². The SMILES string of the molecule is CCCC1(c2ccc(F)cc2)N=C(C)N(CCCN2CCC(c3cccnc3)CC2)C1=O. The Morgan fingerprint density at radius 3 is 2.53 bits per heavy atom. The first-order valence-corrected chi connectivity index (χ1v) is 11.8. The molecule has 3 heterocycles. The van der Waals surface area contributed by atoms with E-state index in [9.17, 15) is 9.18 Å². The minimum Gasteiger partial charge on any atom is -0.303 e. The fourth-order valence-electron chi connectivity index (χ4n) is 5.16. The molecule has 4 rings (SSSR count). The molecule has 0 aliphatic carbocycles. The summed E-state index contributed by atoms with van der Waals surface area (Å²) in [6.07, 6.45) is 8.51. The summed E-state index contributed by atoms with van der Waals surface area (Å²) in [6.45, 7) is 7.78. The van der Waals surface area contributed by atoms with Gasteiger partial charge in [-0.3, -0.25) is 19.7 Å². The van der Waals surface area contributed by atoms with E-state index in [2.05, 4.69) is 22.9 Å². The van der Waals surface area contributed by atoms with E-state index >= 15 is 0 Å². The molecule has 0 radical (unpaired) electrons. The van der Waals surface area contributed by atoms with E-state index in [0.29, 0.717) is 18.9 Å². The van der Waals surface area contributed by atoms with Crippen LogP contribution in [0.4, 0.5) is 4.39 Å². The molecule has 0 saturated carbocycles. The molecule has 2 aliphatic heterocycles. The van der Waals surface area contributed by atoms with Crippen molar-refractivity contribution in [2.45, 2.75) is 57.4 Å². The molecular weight excluding hydrogens is 403 g/mol. The lowest BCUT2D eigenvalue weighted by atomic mass is 9.85. The topological polar surface area (TPSA) is 48.8 Å². The first-order valence-electron chi connectivity index (χ1n) is 11.8. The van der Waals surface area contributed by atoms with Crippen molar-refractivity contribution in [2.24, 2.45) is 4.99 Å². The lowest BCUT2D eigenvalue weighted by molar-refractivity contribution is -0.131. The number of pyridine rings is 1. The number of likely N-dealkylation sites (tertiary alicyclic amines) is 1. The number of aromatic nitrogens is 1. The van der Waals surface area contributed by atoms with E-state index in [-0.39, 0.29) is 11.7 Å². The number of rotatable bonds is 8. The third-order valence-electron chi connectivity index (χ3n) is 6.88. The van der Waals surface area contributed by atoms with Gasteiger partial charge in [0.25, 0.3) is 5.91 Å². The Balaban J connectivity index is 1.33. The van der Waals surface area contributed by atoms with Gasteiger partial charge in [0.05, 0.1) is 0 Å². The fraction of sp³-hybridized carbons (Fsp3) is 0.500. The van der Waals surface area contributed by atoms with E-state index in [0.717, 1.165) is 56.7 Å². The van der Waals surface area contributed by atoms with Crippen LogP contribution in [0.2, 0.25) is 0 Å². The van der Waals surface area contributed by atoms with Crippen LogP contribution in [0.3, 0.4) is 0 Å². The summed E-state index contributed by atoms with van der Waals surface area (Å²) in [5.41, 5.74) is 1.22. The van der Waals surface area contributed by atoms with Gasteiger partial charge in [-0.15, -0.1) is 0 Å². The van der Waals surface area contributed by atoms with E-state index in [1.165, 1.54) is 17.7 Å². The third-order valence-corrected chi connectivity index (χ3v) is 6.88. The molecule has 1 aromatic heterocycles. The number of amidine groups is 1. The zero-order chi connectivity index (χ0) is 22.6. The molecule has 1 atom stereocenters. The van der Waals surface area contributed by atoms with Crippen LogP contribution in [0.5, 0.6) is 0 Å². The number of nitrogens with zero attached hydrogens (tertiary/aromatic N) is 4. The largest absolute Gasteiger partial charge is 0.303 e. The molecule has 1 saturated heterocycles. The van der Waals surface area contributed by atoms with Crippen LogP contribution in [-0.2, 0) is 10.3 Å². The maximum Gasteiger partial charge on any atom is 0.260 e. The highest BCUT2D eigenvalue weighted by molar-refractivity contribution is 6.07. The van der Waals surface area contributed by atoms with Crippen molar-refractivity contribution in [1.82, 2.24) is 14.8 Å². The summed E-state index contributed by atoms with van der Waals surface area (Å²) >= 11 is 0. The second-order valence-electron chi connectivity index (χ2n) is 8.99. The van der Waals surface area contributed by atoms with E-state index in [1.807, 2.05) is 30.3 Å². The number of hydrogen-bond donors (Lipinski definition) is 0. The van der Waals surface area contributed by atoms with Crippen LogP contribution in [0.15, 0.2) is 53.8 Å². The van der Waals surface area contributed by atoms with Crippen molar-refractivity contribution in [3.8, 4) is 0 Å². The second-order valence-corrected chi connectivity index (χ2v) is 8.99. The second kappa shape index (κ2) is 9.90. The molecule has 5 nitrogen and oxygen atoms in total. The standard InChI is InChI=1S/C26H33FN4O/c1-3-13-26(23-7-9-24(27)10-8-23)25(32)31(20(2)29-26)16-5-15-30-17-11-21(12-18-30)22-6-4-14-28-19-22/h4,6-10,14,19,21H,3,5,11-13,15-18H2,1-2H3. The summed E-state index contributed by atoms with van der Waals surface area (Å²) in [6, 6.07) is 10.4. The molecule has 1 fully saturated rings. The maximum absolute atomic E-state index is 13.5. The molecule has 2 aliphatic rings. The third kappa shape index (κ3) is 4.60. The van der Waals surface area contributed by atoms with Gasteiger partial charge in [0.2, 0.25) is 0 Å². The normalized spacial score (nSPS) is 22.4. The van der Waals surface area contributed by atoms with Gasteiger partial charge < -0.3 is 4.90 Å². The number of piperidine rings is 1. The summed E-state index contributed by atoms with van der Waals surface area (Å²) in [5.74, 6) is 1.09. The predicted octanol–water partition coefficient (Wildman–Crippen LogP) is 4.75. The maximum atomic E-state index is 13.5. The number of carbonyl (C=O) groups is 1. The number of halogens is 1. The Labute approximate surface area is 190 Å². The highest BCUT2D eigenvalue weighted by atomic mass is 19.1.